The minimum atomic E-state index is -0.105. The molecule has 0 heteroatoms. The van der Waals surface area contributed by atoms with Gasteiger partial charge in [-0.05, 0) is 112 Å². The second kappa shape index (κ2) is 11.0. The summed E-state index contributed by atoms with van der Waals surface area (Å²) in [4.78, 5) is 0. The zero-order valence-corrected chi connectivity index (χ0v) is 28.3. The summed E-state index contributed by atoms with van der Waals surface area (Å²) >= 11 is 0. The zero-order valence-electron chi connectivity index (χ0n) is 28.3. The van der Waals surface area contributed by atoms with E-state index in [9.17, 15) is 0 Å². The Morgan fingerprint density at radius 3 is 1.54 bits per heavy atom. The van der Waals surface area contributed by atoms with Crippen LogP contribution in [0.25, 0.3) is 66.4 Å². The fourth-order valence-electron chi connectivity index (χ4n) is 9.07. The van der Waals surface area contributed by atoms with E-state index in [1.54, 1.807) is 0 Å². The van der Waals surface area contributed by atoms with Crippen molar-refractivity contribution in [2.24, 2.45) is 0 Å². The topological polar surface area (TPSA) is 0 Å². The zero-order chi connectivity index (χ0) is 33.4. The predicted octanol–water partition coefficient (Wildman–Crippen LogP) is 13.3. The average Bonchev–Trinajstić information content (AvgIpc) is 3.65. The van der Waals surface area contributed by atoms with E-state index in [-0.39, 0.29) is 11.3 Å². The van der Waals surface area contributed by atoms with E-state index in [0.29, 0.717) is 0 Å². The van der Waals surface area contributed by atoms with Crippen LogP contribution in [0.5, 0.6) is 0 Å². The Morgan fingerprint density at radius 1 is 0.400 bits per heavy atom. The van der Waals surface area contributed by atoms with Gasteiger partial charge < -0.3 is 0 Å². The van der Waals surface area contributed by atoms with Crippen LogP contribution in [-0.2, 0) is 5.41 Å². The van der Waals surface area contributed by atoms with Crippen molar-refractivity contribution < 1.29 is 0 Å². The number of hydrogen-bond acceptors (Lipinski definition) is 0. The summed E-state index contributed by atoms with van der Waals surface area (Å²) < 4.78 is 0. The monoisotopic (exact) mass is 636 g/mol. The van der Waals surface area contributed by atoms with E-state index in [2.05, 4.69) is 190 Å². The number of fused-ring (bicyclic) bond motifs is 10. The molecule has 0 bridgehead atoms. The summed E-state index contributed by atoms with van der Waals surface area (Å²) in [5.41, 5.74) is 20.0. The summed E-state index contributed by atoms with van der Waals surface area (Å²) in [6.07, 6.45) is 0. The van der Waals surface area contributed by atoms with Crippen molar-refractivity contribution in [1.29, 1.82) is 0 Å². The first-order chi connectivity index (χ1) is 24.6. The lowest BCUT2D eigenvalue weighted by Crippen LogP contribution is -2.16. The molecule has 0 nitrogen and oxygen atoms in total. The maximum absolute atomic E-state index is 2.42. The molecule has 2 aliphatic rings. The first-order valence-electron chi connectivity index (χ1n) is 17.7. The van der Waals surface area contributed by atoms with Crippen molar-refractivity contribution in [1.82, 2.24) is 0 Å². The number of hydrogen-bond donors (Lipinski definition) is 0. The molecule has 1 unspecified atom stereocenters. The second-order valence-electron chi connectivity index (χ2n) is 14.4. The van der Waals surface area contributed by atoms with Crippen LogP contribution in [0, 0.1) is 0 Å². The molecular formula is C50H36. The molecule has 50 heavy (non-hydrogen) atoms. The van der Waals surface area contributed by atoms with E-state index in [4.69, 9.17) is 0 Å². The Labute approximate surface area is 294 Å². The standard InChI is InChI=1S/C50H36/c1-50(2)44-24-14-13-23-43(44)46-40-20-10-11-21-41(40)47-45(39-19-9-12-22-42(39)48(47)49(46)50)35-27-25-34(26-28-35)38-30-36(32-15-5-3-6-16-32)29-37(31-38)33-17-7-4-8-18-33/h3-31,45H,1-2H3. The molecule has 0 heterocycles. The van der Waals surface area contributed by atoms with Gasteiger partial charge in [0, 0.05) is 11.3 Å². The quantitative estimate of drug-likeness (QED) is 0.180. The minimum absolute atomic E-state index is 0.105. The largest absolute Gasteiger partial charge is 0.0622 e. The van der Waals surface area contributed by atoms with Gasteiger partial charge in [0.2, 0.25) is 0 Å². The average molecular weight is 637 g/mol. The molecular weight excluding hydrogens is 601 g/mol. The first-order valence-corrected chi connectivity index (χ1v) is 17.7. The van der Waals surface area contributed by atoms with Crippen LogP contribution in [-0.4, -0.2) is 0 Å². The number of benzene rings is 8. The molecule has 0 aliphatic heterocycles. The summed E-state index contributed by atoms with van der Waals surface area (Å²) in [7, 11) is 0. The third-order valence-electron chi connectivity index (χ3n) is 11.3. The van der Waals surface area contributed by atoms with Gasteiger partial charge in [0.15, 0.2) is 0 Å². The van der Waals surface area contributed by atoms with Crippen molar-refractivity contribution in [3.63, 3.8) is 0 Å². The molecule has 0 spiro atoms. The molecule has 2 aliphatic carbocycles. The Morgan fingerprint density at radius 2 is 0.900 bits per heavy atom. The van der Waals surface area contributed by atoms with Gasteiger partial charge in [-0.2, -0.15) is 0 Å². The Bertz CT molecular complexity index is 2530. The van der Waals surface area contributed by atoms with Crippen LogP contribution in [0.1, 0.15) is 47.6 Å². The highest BCUT2D eigenvalue weighted by molar-refractivity contribution is 6.11. The van der Waals surface area contributed by atoms with Crippen molar-refractivity contribution in [2.75, 3.05) is 0 Å². The van der Waals surface area contributed by atoms with Crippen molar-refractivity contribution in [2.45, 2.75) is 25.2 Å². The molecule has 8 aromatic rings. The van der Waals surface area contributed by atoms with Crippen LogP contribution in [0.4, 0.5) is 0 Å². The Hall–Kier alpha value is -5.98. The third kappa shape index (κ3) is 4.25. The SMILES string of the molecule is CC1(C)c2ccccc2-c2c1c1c(c3ccccc23)C(c2ccc(-c3cc(-c4ccccc4)cc(-c4ccccc4)c3)cc2)c2ccccc2-1. The highest BCUT2D eigenvalue weighted by Gasteiger charge is 2.44. The normalized spacial score (nSPS) is 15.0. The van der Waals surface area contributed by atoms with Gasteiger partial charge in [-0.15, -0.1) is 0 Å². The van der Waals surface area contributed by atoms with Gasteiger partial charge in [-0.3, -0.25) is 0 Å². The Kier molecular flexibility index (Phi) is 6.39. The lowest BCUT2D eigenvalue weighted by molar-refractivity contribution is 0.662. The van der Waals surface area contributed by atoms with Gasteiger partial charge in [0.05, 0.1) is 0 Å². The van der Waals surface area contributed by atoms with Crippen molar-refractivity contribution in [3.05, 3.63) is 204 Å². The van der Waals surface area contributed by atoms with E-state index in [1.807, 2.05) is 0 Å². The molecule has 0 aromatic heterocycles. The smallest absolute Gasteiger partial charge is 0.0358 e. The molecule has 0 amide bonds. The summed E-state index contributed by atoms with van der Waals surface area (Å²) in [5.74, 6) is 0.153. The van der Waals surface area contributed by atoms with Gasteiger partial charge in [0.25, 0.3) is 0 Å². The molecule has 0 radical (unpaired) electrons. The van der Waals surface area contributed by atoms with E-state index in [0.717, 1.165) is 0 Å². The van der Waals surface area contributed by atoms with E-state index < -0.39 is 0 Å². The molecule has 0 saturated carbocycles. The predicted molar refractivity (Wildman–Crippen MR) is 211 cm³/mol. The fraction of sp³-hybridized carbons (Fsp3) is 0.0800. The molecule has 8 aromatic carbocycles. The summed E-state index contributed by atoms with van der Waals surface area (Å²) in [5, 5.41) is 2.72. The van der Waals surface area contributed by atoms with Crippen LogP contribution in [0.3, 0.4) is 0 Å². The van der Waals surface area contributed by atoms with E-state index >= 15 is 0 Å². The van der Waals surface area contributed by atoms with Crippen molar-refractivity contribution >= 4 is 10.8 Å². The summed E-state index contributed by atoms with van der Waals surface area (Å²) in [6.45, 7) is 4.84. The third-order valence-corrected chi connectivity index (χ3v) is 11.3. The van der Waals surface area contributed by atoms with Gasteiger partial charge in [-0.25, -0.2) is 0 Å². The van der Waals surface area contributed by atoms with E-state index in [1.165, 1.54) is 94.2 Å². The lowest BCUT2D eigenvalue weighted by Gasteiger charge is -2.26. The molecule has 0 fully saturated rings. The van der Waals surface area contributed by atoms with Gasteiger partial charge >= 0.3 is 0 Å². The maximum Gasteiger partial charge on any atom is 0.0358 e. The van der Waals surface area contributed by atoms with Crippen molar-refractivity contribution in [3.8, 4) is 55.6 Å². The molecule has 236 valence electrons. The second-order valence-corrected chi connectivity index (χ2v) is 14.4. The van der Waals surface area contributed by atoms with Gasteiger partial charge in [0.1, 0.15) is 0 Å². The molecule has 0 saturated heterocycles. The van der Waals surface area contributed by atoms with Gasteiger partial charge in [-0.1, -0.05) is 172 Å². The minimum Gasteiger partial charge on any atom is -0.0622 e. The van der Waals surface area contributed by atoms with Crippen LogP contribution in [0.15, 0.2) is 176 Å². The first kappa shape index (κ1) is 29.0. The highest BCUT2D eigenvalue weighted by atomic mass is 14.5. The lowest BCUT2D eigenvalue weighted by atomic mass is 9.76. The van der Waals surface area contributed by atoms with Crippen LogP contribution in [0.2, 0.25) is 0 Å². The van der Waals surface area contributed by atoms with Crippen LogP contribution < -0.4 is 0 Å². The number of rotatable bonds is 4. The maximum atomic E-state index is 2.42. The highest BCUT2D eigenvalue weighted by Crippen LogP contribution is 2.61. The fourth-order valence-corrected chi connectivity index (χ4v) is 9.07. The molecule has 1 atom stereocenters. The summed E-state index contributed by atoms with van der Waals surface area (Å²) in [6, 6.07) is 65.2. The molecule has 10 rings (SSSR count). The van der Waals surface area contributed by atoms with Crippen LogP contribution >= 0.6 is 0 Å². The Balaban J connectivity index is 1.16. The molecule has 0 N–H and O–H groups in total.